The van der Waals surface area contributed by atoms with Crippen molar-refractivity contribution < 1.29 is 44.0 Å². The quantitative estimate of drug-likeness (QED) is 0.114. The maximum absolute atomic E-state index is 13.9. The molecule has 0 saturated carbocycles. The number of carbonyl (C=O) groups excluding carboxylic acids is 3. The van der Waals surface area contributed by atoms with Gasteiger partial charge in [0.1, 0.15) is 29.6 Å². The smallest absolute Gasteiger partial charge is 0.407 e. The summed E-state index contributed by atoms with van der Waals surface area (Å²) >= 11 is 13.3. The van der Waals surface area contributed by atoms with Gasteiger partial charge in [-0.3, -0.25) is 19.3 Å². The van der Waals surface area contributed by atoms with Crippen LogP contribution < -0.4 is 10.6 Å². The van der Waals surface area contributed by atoms with Gasteiger partial charge in [0.15, 0.2) is 0 Å². The van der Waals surface area contributed by atoms with E-state index in [1.165, 1.54) is 17.8 Å². The third-order valence-corrected chi connectivity index (χ3v) is 10.3. The zero-order valence-corrected chi connectivity index (χ0v) is 28.7. The van der Waals surface area contributed by atoms with Gasteiger partial charge in [-0.05, 0) is 47.2 Å². The number of alkyl carbamates (subject to hydrolysis) is 1. The molecule has 0 spiro atoms. The molecule has 2 aliphatic rings. The van der Waals surface area contributed by atoms with Gasteiger partial charge in [-0.25, -0.2) is 9.59 Å². The fraction of sp³-hybridized carbons (Fsp3) is 0.286. The lowest BCUT2D eigenvalue weighted by Crippen LogP contribution is -2.71. The number of hydrogen-bond acceptors (Lipinski definition) is 8. The second-order valence-corrected chi connectivity index (χ2v) is 13.5. The minimum atomic E-state index is -1.35. The minimum absolute atomic E-state index is 0.0873. The summed E-state index contributed by atoms with van der Waals surface area (Å²) in [7, 11) is 0. The summed E-state index contributed by atoms with van der Waals surface area (Å²) in [5, 5.41) is 35.0. The molecule has 5 N–H and O–H groups in total. The topological polar surface area (TPSA) is 183 Å². The van der Waals surface area contributed by atoms with E-state index in [-0.39, 0.29) is 36.6 Å². The van der Waals surface area contributed by atoms with Crippen LogP contribution in [-0.2, 0) is 30.5 Å². The highest BCUT2D eigenvalue weighted by Crippen LogP contribution is 2.40. The van der Waals surface area contributed by atoms with Crippen LogP contribution in [0.1, 0.15) is 46.9 Å². The van der Waals surface area contributed by atoms with E-state index in [1.807, 2.05) is 0 Å². The first-order valence-electron chi connectivity index (χ1n) is 15.5. The van der Waals surface area contributed by atoms with Crippen LogP contribution in [0.15, 0.2) is 84.1 Å². The average Bonchev–Trinajstić information content (AvgIpc) is 3.09. The molecule has 2 unspecified atom stereocenters. The first-order valence-corrected chi connectivity index (χ1v) is 17.3. The summed E-state index contributed by atoms with van der Waals surface area (Å²) < 4.78 is 5.25. The summed E-state index contributed by atoms with van der Waals surface area (Å²) in [6, 6.07) is 19.1. The van der Waals surface area contributed by atoms with Gasteiger partial charge in [0.25, 0.3) is 5.91 Å². The van der Waals surface area contributed by atoms with Gasteiger partial charge in [0.2, 0.25) is 5.91 Å². The molecule has 2 aliphatic heterocycles. The molecule has 1 fully saturated rings. The Kier molecular flexibility index (Phi) is 12.1. The number of carboxylic acid groups (broad SMARTS) is 2. The van der Waals surface area contributed by atoms with Crippen LogP contribution in [0.25, 0.3) is 0 Å². The van der Waals surface area contributed by atoms with E-state index in [9.17, 15) is 39.3 Å². The highest BCUT2D eigenvalue weighted by molar-refractivity contribution is 8.00. The van der Waals surface area contributed by atoms with Crippen molar-refractivity contribution in [3.05, 3.63) is 116 Å². The van der Waals surface area contributed by atoms with Crippen molar-refractivity contribution in [1.29, 1.82) is 0 Å². The van der Waals surface area contributed by atoms with E-state index in [1.54, 1.807) is 66.7 Å². The zero-order valence-electron chi connectivity index (χ0n) is 26.4. The van der Waals surface area contributed by atoms with Crippen molar-refractivity contribution in [2.24, 2.45) is 0 Å². The Morgan fingerprint density at radius 3 is 2.36 bits per heavy atom. The van der Waals surface area contributed by atoms with Crippen molar-refractivity contribution in [3.63, 3.8) is 0 Å². The average molecular weight is 743 g/mol. The molecule has 262 valence electrons. The number of aliphatic hydroxyl groups excluding tert-OH is 1. The van der Waals surface area contributed by atoms with E-state index in [4.69, 9.17) is 27.9 Å². The number of halogens is 2. The monoisotopic (exact) mass is 741 g/mol. The largest absolute Gasteiger partial charge is 0.481 e. The fourth-order valence-corrected chi connectivity index (χ4v) is 7.71. The van der Waals surface area contributed by atoms with Gasteiger partial charge >= 0.3 is 18.0 Å². The number of rotatable bonds is 14. The van der Waals surface area contributed by atoms with E-state index in [0.29, 0.717) is 38.7 Å². The van der Waals surface area contributed by atoms with Gasteiger partial charge in [-0.15, -0.1) is 11.8 Å². The minimum Gasteiger partial charge on any atom is -0.481 e. The van der Waals surface area contributed by atoms with Crippen molar-refractivity contribution in [1.82, 2.24) is 15.5 Å². The Balaban J connectivity index is 1.31. The Labute approximate surface area is 301 Å². The van der Waals surface area contributed by atoms with E-state index in [0.717, 1.165) is 4.90 Å². The van der Waals surface area contributed by atoms with Crippen LogP contribution in [-0.4, -0.2) is 80.4 Å². The third-order valence-electron chi connectivity index (χ3n) is 8.39. The van der Waals surface area contributed by atoms with Crippen molar-refractivity contribution in [3.8, 4) is 0 Å². The molecule has 50 heavy (non-hydrogen) atoms. The third kappa shape index (κ3) is 8.24. The highest BCUT2D eigenvalue weighted by Gasteiger charge is 2.54. The maximum Gasteiger partial charge on any atom is 0.407 e. The van der Waals surface area contributed by atoms with Gasteiger partial charge in [-0.1, -0.05) is 83.9 Å². The predicted octanol–water partition coefficient (Wildman–Crippen LogP) is 4.73. The highest BCUT2D eigenvalue weighted by atomic mass is 35.5. The van der Waals surface area contributed by atoms with E-state index in [2.05, 4.69) is 10.6 Å². The lowest BCUT2D eigenvalue weighted by molar-refractivity contribution is -0.151. The number of aliphatic carboxylic acids is 2. The molecule has 12 nitrogen and oxygen atoms in total. The first kappa shape index (κ1) is 36.7. The van der Waals surface area contributed by atoms with Crippen LogP contribution in [0.3, 0.4) is 0 Å². The number of benzene rings is 3. The molecular weight excluding hydrogens is 709 g/mol. The van der Waals surface area contributed by atoms with Crippen molar-refractivity contribution in [2.75, 3.05) is 18.9 Å². The number of thioether (sulfide) groups is 1. The lowest BCUT2D eigenvalue weighted by atomic mass is 9.86. The van der Waals surface area contributed by atoms with Crippen LogP contribution in [0, 0.1) is 0 Å². The molecule has 3 aromatic carbocycles. The second kappa shape index (κ2) is 16.4. The van der Waals surface area contributed by atoms with Crippen LogP contribution in [0.5, 0.6) is 0 Å². The molecule has 4 atom stereocenters. The second-order valence-electron chi connectivity index (χ2n) is 11.6. The number of hydrogen-bond donors (Lipinski definition) is 5. The summed E-state index contributed by atoms with van der Waals surface area (Å²) in [6.07, 6.45) is -0.210. The standard InChI is InChI=1S/C35H33Cl2N3O9S/c36-24-12-11-22(26(37)15-24)17-49-35(48)38-13-5-10-25(20-8-4-9-21(14-20)27(33(44)45)19-6-2-1-3-7-19)30(42)39-28-31(43)40-29(34(46)47)23(16-41)18-50-32(28)40/h1-4,6-9,11-12,14-15,25,27-28,32,41H,5,10,13,16-18H2,(H,38,48)(H,39,42)(H,44,45)(H,46,47)/t25?,27?,28-,32-/m0/s1. The van der Waals surface area contributed by atoms with Crippen LogP contribution >= 0.6 is 35.0 Å². The van der Waals surface area contributed by atoms with Crippen LogP contribution in [0.2, 0.25) is 10.0 Å². The summed E-state index contributed by atoms with van der Waals surface area (Å²) in [5.41, 5.74) is 1.99. The molecule has 3 amide bonds. The fourth-order valence-electron chi connectivity index (χ4n) is 5.92. The molecule has 3 aromatic rings. The molecule has 2 heterocycles. The van der Waals surface area contributed by atoms with Gasteiger partial charge in [-0.2, -0.15) is 0 Å². The van der Waals surface area contributed by atoms with Gasteiger partial charge < -0.3 is 30.7 Å². The molecule has 1 saturated heterocycles. The summed E-state index contributed by atoms with van der Waals surface area (Å²) in [5.74, 6) is -5.27. The number of carboxylic acids is 2. The summed E-state index contributed by atoms with van der Waals surface area (Å²) in [4.78, 5) is 64.9. The number of amides is 3. The first-order chi connectivity index (χ1) is 24.0. The number of nitrogens with zero attached hydrogens (tertiary/aromatic N) is 1. The molecule has 0 radical (unpaired) electrons. The molecule has 0 aromatic heterocycles. The number of ether oxygens (including phenoxy) is 1. The van der Waals surface area contributed by atoms with E-state index >= 15 is 0 Å². The molecule has 5 rings (SSSR count). The van der Waals surface area contributed by atoms with Crippen LogP contribution in [0.4, 0.5) is 4.79 Å². The van der Waals surface area contributed by atoms with Gasteiger partial charge in [0, 0.05) is 27.9 Å². The SMILES string of the molecule is O=C(NCCCC(C(=O)N[C@H]1C(=O)N2C(C(=O)O)=C(CO)CS[C@@H]12)c1cccc(C(C(=O)O)c2ccccc2)c1)OCc1ccc(Cl)cc1Cl. The lowest BCUT2D eigenvalue weighted by Gasteiger charge is -2.49. The Morgan fingerprint density at radius 2 is 1.68 bits per heavy atom. The number of β-lactam (4-membered cyclic amide) rings is 1. The Hall–Kier alpha value is -4.56. The summed E-state index contributed by atoms with van der Waals surface area (Å²) in [6.45, 7) is -0.475. The maximum atomic E-state index is 13.9. The molecule has 15 heteroatoms. The zero-order chi connectivity index (χ0) is 35.9. The molecular formula is C35H33Cl2N3O9S. The number of fused-ring (bicyclic) bond motifs is 1. The molecule has 0 aliphatic carbocycles. The molecule has 0 bridgehead atoms. The predicted molar refractivity (Wildman–Crippen MR) is 186 cm³/mol. The number of nitrogens with one attached hydrogen (secondary N) is 2. The van der Waals surface area contributed by atoms with Crippen molar-refractivity contribution in [2.45, 2.75) is 42.7 Å². The van der Waals surface area contributed by atoms with Gasteiger partial charge in [0.05, 0.1) is 12.5 Å². The number of carbonyl (C=O) groups is 5. The van der Waals surface area contributed by atoms with Crippen molar-refractivity contribution >= 4 is 64.8 Å². The van der Waals surface area contributed by atoms with E-state index < -0.39 is 59.7 Å². The Bertz CT molecular complexity index is 1820. The normalized spacial score (nSPS) is 18.0. The Morgan fingerprint density at radius 1 is 0.960 bits per heavy atom. The number of aliphatic hydroxyl groups is 1.